The second kappa shape index (κ2) is 7.99. The molecule has 0 amide bonds. The van der Waals surface area contributed by atoms with E-state index < -0.39 is 0 Å². The molecule has 144 valence electrons. The number of aryl methyl sites for hydroxylation is 1. The minimum atomic E-state index is 0.290. The zero-order valence-corrected chi connectivity index (χ0v) is 16.7. The van der Waals surface area contributed by atoms with Crippen molar-refractivity contribution in [3.05, 3.63) is 35.4 Å². The molecule has 1 aliphatic rings. The van der Waals surface area contributed by atoms with Gasteiger partial charge in [-0.1, -0.05) is 20.8 Å². The van der Waals surface area contributed by atoms with Gasteiger partial charge >= 0.3 is 0 Å². The highest BCUT2D eigenvalue weighted by atomic mass is 16.3. The van der Waals surface area contributed by atoms with E-state index in [0.717, 1.165) is 30.8 Å². The lowest BCUT2D eigenvalue weighted by Gasteiger charge is -2.41. The van der Waals surface area contributed by atoms with Gasteiger partial charge in [0.1, 0.15) is 29.0 Å². The van der Waals surface area contributed by atoms with Crippen LogP contribution in [0.2, 0.25) is 0 Å². The Kier molecular flexibility index (Phi) is 5.69. The molecule has 0 aromatic carbocycles. The Morgan fingerprint density at radius 1 is 1.33 bits per heavy atom. The summed E-state index contributed by atoms with van der Waals surface area (Å²) in [6.45, 7) is 9.57. The Morgan fingerprint density at radius 3 is 2.81 bits per heavy atom. The van der Waals surface area contributed by atoms with Crippen molar-refractivity contribution >= 4 is 11.8 Å². The highest BCUT2D eigenvalue weighted by Crippen LogP contribution is 2.41. The minimum Gasteiger partial charge on any atom is -0.466 e. The van der Waals surface area contributed by atoms with E-state index in [9.17, 15) is 5.26 Å². The van der Waals surface area contributed by atoms with Crippen molar-refractivity contribution in [1.82, 2.24) is 9.97 Å². The van der Waals surface area contributed by atoms with Crippen LogP contribution in [0.5, 0.6) is 0 Å². The van der Waals surface area contributed by atoms with Crippen LogP contribution in [0.1, 0.15) is 57.1 Å². The van der Waals surface area contributed by atoms with Gasteiger partial charge in [0, 0.05) is 19.0 Å². The maximum atomic E-state index is 9.41. The zero-order chi connectivity index (χ0) is 19.4. The first-order chi connectivity index (χ1) is 12.9. The summed E-state index contributed by atoms with van der Waals surface area (Å²) in [5, 5.41) is 16.1. The van der Waals surface area contributed by atoms with Gasteiger partial charge in [0.05, 0.1) is 6.20 Å². The summed E-state index contributed by atoms with van der Waals surface area (Å²) < 4.78 is 5.57. The van der Waals surface area contributed by atoms with Crippen molar-refractivity contribution in [2.24, 2.45) is 11.3 Å². The van der Waals surface area contributed by atoms with Gasteiger partial charge in [0.25, 0.3) is 0 Å². The van der Waals surface area contributed by atoms with Crippen LogP contribution in [0.25, 0.3) is 0 Å². The van der Waals surface area contributed by atoms with Crippen LogP contribution in [0, 0.1) is 29.6 Å². The predicted molar refractivity (Wildman–Crippen MR) is 107 cm³/mol. The first-order valence-electron chi connectivity index (χ1n) is 9.70. The van der Waals surface area contributed by atoms with Gasteiger partial charge in [-0.3, -0.25) is 0 Å². The molecule has 0 bridgehead atoms. The zero-order valence-electron chi connectivity index (χ0n) is 16.7. The number of nitrogens with zero attached hydrogens (tertiary/aromatic N) is 3. The number of aromatic nitrogens is 2. The summed E-state index contributed by atoms with van der Waals surface area (Å²) in [7, 11) is 0. The molecule has 0 aliphatic heterocycles. The highest BCUT2D eigenvalue weighted by molar-refractivity contribution is 5.54. The SMILES string of the molecule is Cc1ccc(CCNc2ncc(C#N)c(N[C@@H]3CC[C@H](C)C(C)(C)C3)n2)o1. The van der Waals surface area contributed by atoms with Crippen LogP contribution in [-0.2, 0) is 6.42 Å². The lowest BCUT2D eigenvalue weighted by molar-refractivity contribution is 0.143. The molecule has 27 heavy (non-hydrogen) atoms. The standard InChI is InChI=1S/C21H29N5O/c1-14-5-7-17(11-21(14,3)4)25-19-16(12-22)13-24-20(26-19)23-10-9-18-8-6-15(2)27-18/h6,8,13-14,17H,5,7,9-11H2,1-4H3,(H2,23,24,25,26)/t14-,17+/m0/s1. The van der Waals surface area contributed by atoms with E-state index >= 15 is 0 Å². The molecule has 1 fully saturated rings. The average molecular weight is 367 g/mol. The average Bonchev–Trinajstić information content (AvgIpc) is 3.03. The summed E-state index contributed by atoms with van der Waals surface area (Å²) in [4.78, 5) is 8.82. The molecule has 0 radical (unpaired) electrons. The Morgan fingerprint density at radius 2 is 2.15 bits per heavy atom. The number of rotatable bonds is 6. The molecule has 2 aromatic heterocycles. The van der Waals surface area contributed by atoms with Gasteiger partial charge in [-0.05, 0) is 49.7 Å². The number of nitrogens with one attached hydrogen (secondary N) is 2. The molecule has 2 aromatic rings. The molecular weight excluding hydrogens is 338 g/mol. The Balaban J connectivity index is 1.64. The quantitative estimate of drug-likeness (QED) is 0.780. The maximum absolute atomic E-state index is 9.41. The van der Waals surface area contributed by atoms with Crippen molar-refractivity contribution in [2.45, 2.75) is 59.4 Å². The van der Waals surface area contributed by atoms with Crippen LogP contribution in [0.15, 0.2) is 22.7 Å². The van der Waals surface area contributed by atoms with Gasteiger partial charge in [0.2, 0.25) is 5.95 Å². The van der Waals surface area contributed by atoms with E-state index in [1.165, 1.54) is 6.42 Å². The molecule has 6 nitrogen and oxygen atoms in total. The molecule has 6 heteroatoms. The predicted octanol–water partition coefficient (Wildman–Crippen LogP) is 4.53. The summed E-state index contributed by atoms with van der Waals surface area (Å²) in [6, 6.07) is 6.47. The van der Waals surface area contributed by atoms with Gasteiger partial charge in [-0.25, -0.2) is 4.98 Å². The molecule has 2 N–H and O–H groups in total. The second-order valence-corrected chi connectivity index (χ2v) is 8.27. The molecule has 0 saturated heterocycles. The van der Waals surface area contributed by atoms with Gasteiger partial charge in [0.15, 0.2) is 0 Å². The van der Waals surface area contributed by atoms with E-state index in [2.05, 4.69) is 47.4 Å². The smallest absolute Gasteiger partial charge is 0.224 e. The fraction of sp³-hybridized carbons (Fsp3) is 0.571. The molecule has 3 rings (SSSR count). The van der Waals surface area contributed by atoms with Gasteiger partial charge in [-0.2, -0.15) is 10.2 Å². The molecule has 0 spiro atoms. The Bertz CT molecular complexity index is 820. The van der Waals surface area contributed by atoms with Gasteiger partial charge in [-0.15, -0.1) is 0 Å². The van der Waals surface area contributed by atoms with Crippen LogP contribution < -0.4 is 10.6 Å². The lowest BCUT2D eigenvalue weighted by atomic mass is 9.68. The van der Waals surface area contributed by atoms with Crippen LogP contribution >= 0.6 is 0 Å². The first-order valence-corrected chi connectivity index (χ1v) is 9.70. The van der Waals surface area contributed by atoms with Crippen molar-refractivity contribution in [3.63, 3.8) is 0 Å². The minimum absolute atomic E-state index is 0.290. The molecule has 0 unspecified atom stereocenters. The number of furan rings is 1. The molecule has 1 saturated carbocycles. The van der Waals surface area contributed by atoms with Crippen molar-refractivity contribution < 1.29 is 4.42 Å². The summed E-state index contributed by atoms with van der Waals surface area (Å²) in [6.07, 6.45) is 5.70. The van der Waals surface area contributed by atoms with Crippen LogP contribution in [0.3, 0.4) is 0 Å². The van der Waals surface area contributed by atoms with E-state index in [1.54, 1.807) is 6.20 Å². The summed E-state index contributed by atoms with van der Waals surface area (Å²) in [5.41, 5.74) is 0.775. The van der Waals surface area contributed by atoms with E-state index in [4.69, 9.17) is 4.42 Å². The second-order valence-electron chi connectivity index (χ2n) is 8.27. The third-order valence-corrected chi connectivity index (χ3v) is 5.76. The fourth-order valence-electron chi connectivity index (χ4n) is 3.67. The number of nitriles is 1. The maximum Gasteiger partial charge on any atom is 0.224 e. The molecule has 2 heterocycles. The van der Waals surface area contributed by atoms with Crippen molar-refractivity contribution in [3.8, 4) is 6.07 Å². The van der Waals surface area contributed by atoms with Crippen LogP contribution in [0.4, 0.5) is 11.8 Å². The Labute approximate surface area is 161 Å². The molecule has 2 atom stereocenters. The van der Waals surface area contributed by atoms with E-state index in [-0.39, 0.29) is 5.41 Å². The third-order valence-electron chi connectivity index (χ3n) is 5.76. The first kappa shape index (κ1) is 19.2. The number of anilines is 2. The normalized spacial score (nSPS) is 21.4. The van der Waals surface area contributed by atoms with E-state index in [1.807, 2.05) is 19.1 Å². The monoisotopic (exact) mass is 367 g/mol. The van der Waals surface area contributed by atoms with E-state index in [0.29, 0.717) is 35.8 Å². The molecule has 1 aliphatic carbocycles. The lowest BCUT2D eigenvalue weighted by Crippen LogP contribution is -2.37. The largest absolute Gasteiger partial charge is 0.466 e. The van der Waals surface area contributed by atoms with Crippen molar-refractivity contribution in [1.29, 1.82) is 5.26 Å². The fourth-order valence-corrected chi connectivity index (χ4v) is 3.67. The molecular formula is C21H29N5O. The Hall–Kier alpha value is -2.55. The number of hydrogen-bond acceptors (Lipinski definition) is 6. The summed E-state index contributed by atoms with van der Waals surface area (Å²) in [5.74, 6) is 3.71. The number of hydrogen-bond donors (Lipinski definition) is 2. The highest BCUT2D eigenvalue weighted by Gasteiger charge is 2.34. The summed E-state index contributed by atoms with van der Waals surface area (Å²) >= 11 is 0. The third kappa shape index (κ3) is 4.79. The van der Waals surface area contributed by atoms with Crippen molar-refractivity contribution in [2.75, 3.05) is 17.2 Å². The van der Waals surface area contributed by atoms with Gasteiger partial charge < -0.3 is 15.1 Å². The topological polar surface area (TPSA) is 86.8 Å². The van der Waals surface area contributed by atoms with Crippen LogP contribution in [-0.4, -0.2) is 22.6 Å².